The molecule has 1 saturated carbocycles. The van der Waals surface area contributed by atoms with E-state index in [4.69, 9.17) is 0 Å². The molecule has 0 amide bonds. The average Bonchev–Trinajstić information content (AvgIpc) is 2.22. The quantitative estimate of drug-likeness (QED) is 0.727. The molecule has 1 saturated heterocycles. The van der Waals surface area contributed by atoms with Gasteiger partial charge in [-0.15, -0.1) is 0 Å². The van der Waals surface area contributed by atoms with Crippen molar-refractivity contribution in [2.75, 3.05) is 13.1 Å². The van der Waals surface area contributed by atoms with Gasteiger partial charge in [-0.2, -0.15) is 0 Å². The maximum atomic E-state index is 4.20. The summed E-state index contributed by atoms with van der Waals surface area (Å²) < 4.78 is 0. The molecule has 0 radical (unpaired) electrons. The summed E-state index contributed by atoms with van der Waals surface area (Å²) in [7, 11) is 0. The number of hydrogen-bond acceptors (Lipinski definition) is 2. The largest absolute Gasteiger partial charge is 0.316 e. The lowest BCUT2D eigenvalue weighted by Gasteiger charge is -2.48. The number of aromatic nitrogens is 1. The Morgan fingerprint density at radius 1 is 1.43 bits per heavy atom. The highest BCUT2D eigenvalue weighted by atomic mass is 14.9. The minimum absolute atomic E-state index is 0.779. The van der Waals surface area contributed by atoms with E-state index in [-0.39, 0.29) is 0 Å². The molecule has 2 heteroatoms. The third-order valence-electron chi connectivity index (χ3n) is 3.86. The zero-order chi connectivity index (χ0) is 9.38. The average molecular weight is 188 g/mol. The molecule has 3 atom stereocenters. The van der Waals surface area contributed by atoms with Crippen molar-refractivity contribution >= 4 is 0 Å². The Labute approximate surface area is 84.7 Å². The van der Waals surface area contributed by atoms with E-state index in [2.05, 4.69) is 22.4 Å². The van der Waals surface area contributed by atoms with Crippen molar-refractivity contribution in [3.8, 4) is 0 Å². The maximum absolute atomic E-state index is 4.20. The Hall–Kier alpha value is -0.890. The number of nitrogens with zero attached hydrogens (tertiary/aromatic N) is 1. The molecule has 0 aromatic carbocycles. The van der Waals surface area contributed by atoms with Gasteiger partial charge in [0.05, 0.1) is 0 Å². The fourth-order valence-corrected chi connectivity index (χ4v) is 2.98. The zero-order valence-corrected chi connectivity index (χ0v) is 8.32. The second-order valence-corrected chi connectivity index (χ2v) is 4.55. The van der Waals surface area contributed by atoms with Crippen molar-refractivity contribution in [3.63, 3.8) is 0 Å². The SMILES string of the molecule is c1cncc([C@H]2C[C@@H]3CCNC[C@@H]32)c1. The molecule has 74 valence electrons. The van der Waals surface area contributed by atoms with E-state index < -0.39 is 0 Å². The van der Waals surface area contributed by atoms with E-state index in [1.165, 1.54) is 31.5 Å². The lowest BCUT2D eigenvalue weighted by atomic mass is 9.60. The molecule has 2 fully saturated rings. The highest BCUT2D eigenvalue weighted by molar-refractivity contribution is 5.20. The topological polar surface area (TPSA) is 24.9 Å². The molecular formula is C12H16N2. The third-order valence-corrected chi connectivity index (χ3v) is 3.86. The van der Waals surface area contributed by atoms with Gasteiger partial charge in [-0.1, -0.05) is 6.07 Å². The Morgan fingerprint density at radius 3 is 3.21 bits per heavy atom. The van der Waals surface area contributed by atoms with Gasteiger partial charge in [-0.25, -0.2) is 0 Å². The van der Waals surface area contributed by atoms with Crippen LogP contribution in [0.15, 0.2) is 24.5 Å². The van der Waals surface area contributed by atoms with Gasteiger partial charge in [-0.3, -0.25) is 4.98 Å². The van der Waals surface area contributed by atoms with Gasteiger partial charge in [-0.05, 0) is 55.3 Å². The van der Waals surface area contributed by atoms with E-state index in [0.29, 0.717) is 0 Å². The first-order valence-corrected chi connectivity index (χ1v) is 5.56. The van der Waals surface area contributed by atoms with Gasteiger partial charge < -0.3 is 5.32 Å². The first kappa shape index (κ1) is 8.42. The zero-order valence-electron chi connectivity index (χ0n) is 8.32. The molecule has 3 rings (SSSR count). The second-order valence-electron chi connectivity index (χ2n) is 4.55. The molecule has 1 aliphatic carbocycles. The highest BCUT2D eigenvalue weighted by Crippen LogP contribution is 2.49. The van der Waals surface area contributed by atoms with Gasteiger partial charge in [0.15, 0.2) is 0 Å². The molecule has 1 aromatic rings. The number of nitrogens with one attached hydrogen (secondary N) is 1. The molecule has 0 bridgehead atoms. The predicted molar refractivity (Wildman–Crippen MR) is 56.1 cm³/mol. The van der Waals surface area contributed by atoms with Crippen LogP contribution in [-0.2, 0) is 0 Å². The summed E-state index contributed by atoms with van der Waals surface area (Å²) in [4.78, 5) is 4.20. The summed E-state index contributed by atoms with van der Waals surface area (Å²) in [6.45, 7) is 2.44. The smallest absolute Gasteiger partial charge is 0.0302 e. The number of hydrogen-bond donors (Lipinski definition) is 1. The number of piperidine rings is 1. The first-order chi connectivity index (χ1) is 6.95. The lowest BCUT2D eigenvalue weighted by molar-refractivity contribution is 0.0932. The van der Waals surface area contributed by atoms with Crippen LogP contribution in [0, 0.1) is 11.8 Å². The van der Waals surface area contributed by atoms with Crippen LogP contribution in [0.2, 0.25) is 0 Å². The Balaban J connectivity index is 1.76. The highest BCUT2D eigenvalue weighted by Gasteiger charge is 2.42. The minimum atomic E-state index is 0.779. The molecule has 1 aromatic heterocycles. The number of fused-ring (bicyclic) bond motifs is 1. The Morgan fingerprint density at radius 2 is 2.43 bits per heavy atom. The molecule has 1 aliphatic heterocycles. The van der Waals surface area contributed by atoms with Gasteiger partial charge >= 0.3 is 0 Å². The predicted octanol–water partition coefficient (Wildman–Crippen LogP) is 1.79. The summed E-state index contributed by atoms with van der Waals surface area (Å²) in [6.07, 6.45) is 6.66. The molecular weight excluding hydrogens is 172 g/mol. The van der Waals surface area contributed by atoms with E-state index in [1.54, 1.807) is 0 Å². The maximum Gasteiger partial charge on any atom is 0.0302 e. The van der Waals surface area contributed by atoms with Crippen LogP contribution in [0.3, 0.4) is 0 Å². The molecule has 2 heterocycles. The van der Waals surface area contributed by atoms with Gasteiger partial charge in [0, 0.05) is 12.4 Å². The third kappa shape index (κ3) is 1.25. The van der Waals surface area contributed by atoms with E-state index in [0.717, 1.165) is 17.8 Å². The fraction of sp³-hybridized carbons (Fsp3) is 0.583. The van der Waals surface area contributed by atoms with E-state index in [1.807, 2.05) is 12.4 Å². The van der Waals surface area contributed by atoms with Gasteiger partial charge in [0.1, 0.15) is 0 Å². The summed E-state index contributed by atoms with van der Waals surface area (Å²) in [5, 5.41) is 3.50. The first-order valence-electron chi connectivity index (χ1n) is 5.56. The van der Waals surface area contributed by atoms with Gasteiger partial charge in [0.2, 0.25) is 0 Å². The number of rotatable bonds is 1. The fourth-order valence-electron chi connectivity index (χ4n) is 2.98. The van der Waals surface area contributed by atoms with Crippen molar-refractivity contribution in [2.24, 2.45) is 11.8 Å². The Kier molecular flexibility index (Phi) is 2.02. The monoisotopic (exact) mass is 188 g/mol. The second kappa shape index (κ2) is 3.35. The van der Waals surface area contributed by atoms with Crippen LogP contribution in [0.25, 0.3) is 0 Å². The molecule has 0 spiro atoms. The number of pyridine rings is 1. The standard InChI is InChI=1S/C12H16N2/c1-2-10(7-13-4-1)11-6-9-3-5-14-8-12(9)11/h1-2,4,7,9,11-12,14H,3,5-6,8H2/t9-,11+,12-/m0/s1. The van der Waals surface area contributed by atoms with Gasteiger partial charge in [0.25, 0.3) is 0 Å². The molecule has 2 aliphatic rings. The molecule has 14 heavy (non-hydrogen) atoms. The van der Waals surface area contributed by atoms with Crippen LogP contribution < -0.4 is 5.32 Å². The Bertz CT molecular complexity index is 309. The summed E-state index contributed by atoms with van der Waals surface area (Å²) in [5.41, 5.74) is 1.44. The van der Waals surface area contributed by atoms with E-state index >= 15 is 0 Å². The van der Waals surface area contributed by atoms with Crippen LogP contribution in [0.1, 0.15) is 24.3 Å². The molecule has 1 N–H and O–H groups in total. The summed E-state index contributed by atoms with van der Waals surface area (Å²) >= 11 is 0. The lowest BCUT2D eigenvalue weighted by Crippen LogP contribution is -2.47. The normalized spacial score (nSPS) is 35.9. The van der Waals surface area contributed by atoms with Crippen LogP contribution >= 0.6 is 0 Å². The minimum Gasteiger partial charge on any atom is -0.316 e. The summed E-state index contributed by atoms with van der Waals surface area (Å²) in [6, 6.07) is 4.28. The van der Waals surface area contributed by atoms with Crippen molar-refractivity contribution in [3.05, 3.63) is 30.1 Å². The molecule has 2 nitrogen and oxygen atoms in total. The van der Waals surface area contributed by atoms with E-state index in [9.17, 15) is 0 Å². The van der Waals surface area contributed by atoms with Crippen molar-refractivity contribution in [1.82, 2.24) is 10.3 Å². The van der Waals surface area contributed by atoms with Crippen LogP contribution in [0.5, 0.6) is 0 Å². The van der Waals surface area contributed by atoms with Crippen LogP contribution in [-0.4, -0.2) is 18.1 Å². The summed E-state index contributed by atoms with van der Waals surface area (Å²) in [5.74, 6) is 2.65. The van der Waals surface area contributed by atoms with Crippen molar-refractivity contribution in [2.45, 2.75) is 18.8 Å². The molecule has 0 unspecified atom stereocenters. The van der Waals surface area contributed by atoms with Crippen LogP contribution in [0.4, 0.5) is 0 Å². The van der Waals surface area contributed by atoms with Crippen molar-refractivity contribution < 1.29 is 0 Å². The van der Waals surface area contributed by atoms with Crippen molar-refractivity contribution in [1.29, 1.82) is 0 Å².